The Morgan fingerprint density at radius 3 is 3.05 bits per heavy atom. The van der Waals surface area contributed by atoms with E-state index in [-0.39, 0.29) is 18.6 Å². The van der Waals surface area contributed by atoms with Crippen molar-refractivity contribution in [2.24, 2.45) is 5.92 Å². The van der Waals surface area contributed by atoms with Gasteiger partial charge in [-0.05, 0) is 37.0 Å². The van der Waals surface area contributed by atoms with Crippen LogP contribution in [0, 0.1) is 5.92 Å². The second kappa shape index (κ2) is 7.61. The molecule has 116 valence electrons. The number of alkyl halides is 2. The molecule has 2 N–H and O–H groups in total. The minimum Gasteiger partial charge on any atom is -0.396 e. The maximum Gasteiger partial charge on any atom is 0.321 e. The predicted molar refractivity (Wildman–Crippen MR) is 78.7 cm³/mol. The number of benzene rings is 1. The Morgan fingerprint density at radius 2 is 2.33 bits per heavy atom. The Labute approximate surface area is 126 Å². The van der Waals surface area contributed by atoms with Crippen LogP contribution in [0.15, 0.2) is 29.2 Å². The standard InChI is InChI=1S/C14H18F2N2O2S/c15-13(16)21-12-5-1-4-11(7-12)17-14(20)18-6-2-3-10(8-18)9-19/h1,4-5,7,10,13,19H,2-3,6,8-9H2,(H,17,20). The number of likely N-dealkylation sites (tertiary alicyclic amines) is 1. The summed E-state index contributed by atoms with van der Waals surface area (Å²) in [5.74, 6) is -2.37. The normalized spacial score (nSPS) is 18.9. The van der Waals surface area contributed by atoms with Gasteiger partial charge in [-0.1, -0.05) is 17.8 Å². The molecule has 0 bridgehead atoms. The molecule has 1 aromatic carbocycles. The molecule has 1 aliphatic rings. The molecule has 2 rings (SSSR count). The molecule has 0 saturated carbocycles. The number of anilines is 1. The molecule has 1 heterocycles. The molecule has 7 heteroatoms. The van der Waals surface area contributed by atoms with Crippen LogP contribution in [0.1, 0.15) is 12.8 Å². The number of nitrogens with zero attached hydrogens (tertiary/aromatic N) is 1. The lowest BCUT2D eigenvalue weighted by molar-refractivity contribution is 0.136. The number of hydrogen-bond donors (Lipinski definition) is 2. The molecule has 0 radical (unpaired) electrons. The van der Waals surface area contributed by atoms with E-state index in [4.69, 9.17) is 5.11 Å². The third-order valence-electron chi connectivity index (χ3n) is 3.37. The van der Waals surface area contributed by atoms with E-state index in [1.165, 1.54) is 6.07 Å². The number of piperidine rings is 1. The van der Waals surface area contributed by atoms with Crippen LogP contribution in [-0.4, -0.2) is 41.5 Å². The summed E-state index contributed by atoms with van der Waals surface area (Å²) in [6, 6.07) is 6.15. The number of hydrogen-bond acceptors (Lipinski definition) is 3. The average Bonchev–Trinajstić information content (AvgIpc) is 2.47. The highest BCUT2D eigenvalue weighted by atomic mass is 32.2. The first-order chi connectivity index (χ1) is 10.1. The summed E-state index contributed by atoms with van der Waals surface area (Å²) in [4.78, 5) is 14.2. The fourth-order valence-corrected chi connectivity index (χ4v) is 2.91. The van der Waals surface area contributed by atoms with E-state index in [1.807, 2.05) is 0 Å². The van der Waals surface area contributed by atoms with Gasteiger partial charge in [0.15, 0.2) is 0 Å². The highest BCUT2D eigenvalue weighted by Crippen LogP contribution is 2.27. The summed E-state index contributed by atoms with van der Waals surface area (Å²) in [5.41, 5.74) is 0.497. The van der Waals surface area contributed by atoms with Gasteiger partial charge in [0.2, 0.25) is 0 Å². The Kier molecular flexibility index (Phi) is 5.81. The molecular weight excluding hydrogens is 298 g/mol. The van der Waals surface area contributed by atoms with E-state index >= 15 is 0 Å². The third-order valence-corrected chi connectivity index (χ3v) is 4.08. The smallest absolute Gasteiger partial charge is 0.321 e. The van der Waals surface area contributed by atoms with E-state index in [9.17, 15) is 13.6 Å². The first-order valence-electron chi connectivity index (χ1n) is 6.80. The van der Waals surface area contributed by atoms with Gasteiger partial charge in [-0.25, -0.2) is 4.79 Å². The van der Waals surface area contributed by atoms with Crippen molar-refractivity contribution < 1.29 is 18.7 Å². The van der Waals surface area contributed by atoms with Crippen molar-refractivity contribution in [2.75, 3.05) is 25.0 Å². The summed E-state index contributed by atoms with van der Waals surface area (Å²) in [5, 5.41) is 11.9. The zero-order valence-corrected chi connectivity index (χ0v) is 12.3. The molecule has 1 aromatic rings. The molecule has 1 saturated heterocycles. The van der Waals surface area contributed by atoms with E-state index in [2.05, 4.69) is 5.32 Å². The zero-order valence-electron chi connectivity index (χ0n) is 11.5. The fraction of sp³-hybridized carbons (Fsp3) is 0.500. The van der Waals surface area contributed by atoms with Gasteiger partial charge in [0.25, 0.3) is 5.76 Å². The Bertz CT molecular complexity index is 488. The molecule has 1 aliphatic heterocycles. The molecule has 21 heavy (non-hydrogen) atoms. The number of carbonyl (C=O) groups excluding carboxylic acids is 1. The van der Waals surface area contributed by atoms with Gasteiger partial charge >= 0.3 is 6.03 Å². The lowest BCUT2D eigenvalue weighted by atomic mass is 9.99. The molecule has 1 fully saturated rings. The molecular formula is C14H18F2N2O2S. The van der Waals surface area contributed by atoms with Crippen LogP contribution in [0.5, 0.6) is 0 Å². The van der Waals surface area contributed by atoms with Gasteiger partial charge in [-0.3, -0.25) is 0 Å². The van der Waals surface area contributed by atoms with Crippen LogP contribution < -0.4 is 5.32 Å². The van der Waals surface area contributed by atoms with Gasteiger partial charge in [0, 0.05) is 30.3 Å². The van der Waals surface area contributed by atoms with Gasteiger partial charge in [-0.15, -0.1) is 0 Å². The number of nitrogens with one attached hydrogen (secondary N) is 1. The highest BCUT2D eigenvalue weighted by molar-refractivity contribution is 7.99. The van der Waals surface area contributed by atoms with Crippen molar-refractivity contribution >= 4 is 23.5 Å². The number of halogens is 2. The summed E-state index contributed by atoms with van der Waals surface area (Å²) in [6.07, 6.45) is 1.78. The topological polar surface area (TPSA) is 52.6 Å². The van der Waals surface area contributed by atoms with Gasteiger partial charge < -0.3 is 15.3 Å². The maximum absolute atomic E-state index is 12.3. The SMILES string of the molecule is O=C(Nc1cccc(SC(F)F)c1)N1CCCC(CO)C1. The Balaban J connectivity index is 1.95. The average molecular weight is 316 g/mol. The van der Waals surface area contributed by atoms with Crippen molar-refractivity contribution in [3.63, 3.8) is 0 Å². The molecule has 0 spiro atoms. The number of thioether (sulfide) groups is 1. The highest BCUT2D eigenvalue weighted by Gasteiger charge is 2.23. The monoisotopic (exact) mass is 316 g/mol. The number of amides is 2. The fourth-order valence-electron chi connectivity index (χ4n) is 2.35. The second-order valence-electron chi connectivity index (χ2n) is 4.97. The molecule has 0 aromatic heterocycles. The lowest BCUT2D eigenvalue weighted by Crippen LogP contribution is -2.43. The molecule has 1 atom stereocenters. The van der Waals surface area contributed by atoms with Crippen LogP contribution in [0.25, 0.3) is 0 Å². The maximum atomic E-state index is 12.3. The van der Waals surface area contributed by atoms with E-state index < -0.39 is 5.76 Å². The lowest BCUT2D eigenvalue weighted by Gasteiger charge is -2.31. The minimum absolute atomic E-state index is 0.0737. The van der Waals surface area contributed by atoms with Crippen LogP contribution in [0.2, 0.25) is 0 Å². The number of aliphatic hydroxyl groups is 1. The summed E-state index contributed by atoms with van der Waals surface area (Å²) in [6.45, 7) is 1.24. The van der Waals surface area contributed by atoms with E-state index in [1.54, 1.807) is 23.1 Å². The largest absolute Gasteiger partial charge is 0.396 e. The van der Waals surface area contributed by atoms with Crippen LogP contribution in [-0.2, 0) is 0 Å². The molecule has 0 aliphatic carbocycles. The summed E-state index contributed by atoms with van der Waals surface area (Å²) in [7, 11) is 0. The summed E-state index contributed by atoms with van der Waals surface area (Å²) < 4.78 is 24.7. The number of urea groups is 1. The third kappa shape index (κ3) is 4.86. The van der Waals surface area contributed by atoms with Gasteiger partial charge in [0.05, 0.1) is 0 Å². The molecule has 2 amide bonds. The van der Waals surface area contributed by atoms with E-state index in [0.29, 0.717) is 35.4 Å². The van der Waals surface area contributed by atoms with Crippen molar-refractivity contribution in [1.29, 1.82) is 0 Å². The zero-order chi connectivity index (χ0) is 15.2. The van der Waals surface area contributed by atoms with Crippen molar-refractivity contribution in [3.05, 3.63) is 24.3 Å². The second-order valence-corrected chi connectivity index (χ2v) is 6.04. The number of rotatable bonds is 4. The quantitative estimate of drug-likeness (QED) is 0.839. The van der Waals surface area contributed by atoms with Crippen LogP contribution in [0.4, 0.5) is 19.3 Å². The Hall–Kier alpha value is -1.34. The van der Waals surface area contributed by atoms with Crippen molar-refractivity contribution in [3.8, 4) is 0 Å². The first kappa shape index (κ1) is 16.0. The predicted octanol–water partition coefficient (Wildman–Crippen LogP) is 3.24. The van der Waals surface area contributed by atoms with Crippen molar-refractivity contribution in [1.82, 2.24) is 4.90 Å². The minimum atomic E-state index is -2.48. The van der Waals surface area contributed by atoms with Crippen LogP contribution >= 0.6 is 11.8 Å². The Morgan fingerprint density at radius 1 is 1.52 bits per heavy atom. The number of carbonyl (C=O) groups is 1. The molecule has 4 nitrogen and oxygen atoms in total. The van der Waals surface area contributed by atoms with Gasteiger partial charge in [-0.2, -0.15) is 8.78 Å². The van der Waals surface area contributed by atoms with Crippen molar-refractivity contribution in [2.45, 2.75) is 23.5 Å². The molecule has 1 unspecified atom stereocenters. The van der Waals surface area contributed by atoms with Crippen LogP contribution in [0.3, 0.4) is 0 Å². The summed E-state index contributed by atoms with van der Waals surface area (Å²) >= 11 is 0.448. The van der Waals surface area contributed by atoms with Gasteiger partial charge in [0.1, 0.15) is 0 Å². The first-order valence-corrected chi connectivity index (χ1v) is 7.68. The van der Waals surface area contributed by atoms with E-state index in [0.717, 1.165) is 12.8 Å². The number of aliphatic hydroxyl groups excluding tert-OH is 1.